The van der Waals surface area contributed by atoms with Gasteiger partial charge in [-0.25, -0.2) is 4.98 Å². The Labute approximate surface area is 92.3 Å². The van der Waals surface area contributed by atoms with Crippen LogP contribution < -0.4 is 5.73 Å². The van der Waals surface area contributed by atoms with Gasteiger partial charge in [-0.2, -0.15) is 12.6 Å². The number of aromatic nitrogens is 1. The summed E-state index contributed by atoms with van der Waals surface area (Å²) in [6, 6.07) is 0. The maximum Gasteiger partial charge on any atom is 0.180 e. The Balaban J connectivity index is 2.32. The van der Waals surface area contributed by atoms with E-state index in [9.17, 15) is 0 Å². The monoisotopic (exact) mass is 222 g/mol. The predicted molar refractivity (Wildman–Crippen MR) is 65.6 cm³/mol. The molecule has 4 heteroatoms. The molecule has 0 aliphatic heterocycles. The zero-order chi connectivity index (χ0) is 9.97. The molecule has 2 nitrogen and oxygen atoms in total. The topological polar surface area (TPSA) is 38.9 Å². The van der Waals surface area contributed by atoms with E-state index in [2.05, 4.69) is 17.6 Å². The van der Waals surface area contributed by atoms with Gasteiger partial charge < -0.3 is 5.73 Å². The highest BCUT2D eigenvalue weighted by atomic mass is 32.1. The standard InChI is InChI=1S/C10H10N2S2/c11-10-12-9(6-14-10)7-2-1-3-8(13)5-4-7/h1-6,8,13H,(H2,11,12). The van der Waals surface area contributed by atoms with Crippen molar-refractivity contribution < 1.29 is 0 Å². The molecule has 1 unspecified atom stereocenters. The molecule has 2 rings (SSSR count). The van der Waals surface area contributed by atoms with Gasteiger partial charge in [-0.05, 0) is 0 Å². The molecule has 1 aromatic rings. The van der Waals surface area contributed by atoms with Crippen molar-refractivity contribution in [2.75, 3.05) is 5.73 Å². The Morgan fingerprint density at radius 2 is 2.29 bits per heavy atom. The van der Waals surface area contributed by atoms with E-state index in [0.29, 0.717) is 5.13 Å². The lowest BCUT2D eigenvalue weighted by Crippen LogP contribution is -1.86. The van der Waals surface area contributed by atoms with Gasteiger partial charge >= 0.3 is 0 Å². The van der Waals surface area contributed by atoms with Crippen molar-refractivity contribution in [3.63, 3.8) is 0 Å². The van der Waals surface area contributed by atoms with Crippen molar-refractivity contribution in [1.82, 2.24) is 4.98 Å². The Bertz CT molecular complexity index is 416. The largest absolute Gasteiger partial charge is 0.375 e. The van der Waals surface area contributed by atoms with Crippen molar-refractivity contribution >= 4 is 34.7 Å². The Hall–Kier alpha value is -1.00. The van der Waals surface area contributed by atoms with Crippen LogP contribution in [0.5, 0.6) is 0 Å². The van der Waals surface area contributed by atoms with Crippen LogP contribution in [0.2, 0.25) is 0 Å². The van der Waals surface area contributed by atoms with Crippen molar-refractivity contribution in [1.29, 1.82) is 0 Å². The van der Waals surface area contributed by atoms with Crippen LogP contribution in [0.3, 0.4) is 0 Å². The minimum absolute atomic E-state index is 0.180. The van der Waals surface area contributed by atoms with Gasteiger partial charge in [0.25, 0.3) is 0 Å². The molecule has 0 bridgehead atoms. The molecule has 1 aliphatic carbocycles. The summed E-state index contributed by atoms with van der Waals surface area (Å²) < 4.78 is 0. The van der Waals surface area contributed by atoms with Crippen molar-refractivity contribution in [3.05, 3.63) is 41.5 Å². The van der Waals surface area contributed by atoms with Gasteiger partial charge in [0.05, 0.1) is 5.69 Å². The smallest absolute Gasteiger partial charge is 0.180 e. The molecule has 0 saturated carbocycles. The predicted octanol–water partition coefficient (Wildman–Crippen LogP) is 2.53. The Kier molecular flexibility index (Phi) is 2.74. The fourth-order valence-electron chi connectivity index (χ4n) is 1.19. The number of thiol groups is 1. The zero-order valence-electron chi connectivity index (χ0n) is 7.42. The molecule has 0 aromatic carbocycles. The minimum atomic E-state index is 0.180. The highest BCUT2D eigenvalue weighted by Crippen LogP contribution is 2.22. The van der Waals surface area contributed by atoms with E-state index < -0.39 is 0 Å². The van der Waals surface area contributed by atoms with Crippen molar-refractivity contribution in [2.45, 2.75) is 5.25 Å². The second-order valence-corrected chi connectivity index (χ2v) is 4.41. The van der Waals surface area contributed by atoms with Gasteiger partial charge in [-0.3, -0.25) is 0 Å². The van der Waals surface area contributed by atoms with Gasteiger partial charge in [0.1, 0.15) is 0 Å². The lowest BCUT2D eigenvalue weighted by molar-refractivity contribution is 1.36. The van der Waals surface area contributed by atoms with Gasteiger partial charge in [0.15, 0.2) is 5.13 Å². The molecule has 0 saturated heterocycles. The van der Waals surface area contributed by atoms with Crippen molar-refractivity contribution in [3.8, 4) is 0 Å². The van der Waals surface area contributed by atoms with Gasteiger partial charge in [0, 0.05) is 16.2 Å². The number of anilines is 1. The Morgan fingerprint density at radius 1 is 1.43 bits per heavy atom. The molecule has 1 heterocycles. The molecular formula is C10H10N2S2. The van der Waals surface area contributed by atoms with E-state index in [1.807, 2.05) is 35.8 Å². The normalized spacial score (nSPS) is 20.6. The average Bonchev–Trinajstić information content (AvgIpc) is 2.46. The van der Waals surface area contributed by atoms with Gasteiger partial charge in [0.2, 0.25) is 0 Å². The van der Waals surface area contributed by atoms with Crippen molar-refractivity contribution in [2.24, 2.45) is 0 Å². The number of thiazole rings is 1. The highest BCUT2D eigenvalue weighted by Gasteiger charge is 2.04. The number of nitrogen functional groups attached to an aromatic ring is 1. The van der Waals surface area contributed by atoms with Crippen LogP contribution in [-0.2, 0) is 0 Å². The number of hydrogen-bond acceptors (Lipinski definition) is 4. The summed E-state index contributed by atoms with van der Waals surface area (Å²) in [6.07, 6.45) is 10.1. The second kappa shape index (κ2) is 4.02. The quantitative estimate of drug-likeness (QED) is 0.717. The van der Waals surface area contributed by atoms with Gasteiger partial charge in [-0.15, -0.1) is 11.3 Å². The van der Waals surface area contributed by atoms with E-state index in [1.165, 1.54) is 11.3 Å². The first-order chi connectivity index (χ1) is 6.75. The van der Waals surface area contributed by atoms with Gasteiger partial charge in [-0.1, -0.05) is 30.4 Å². The van der Waals surface area contributed by atoms with E-state index in [4.69, 9.17) is 5.73 Å². The van der Waals surface area contributed by atoms with Crippen LogP contribution in [0.15, 0.2) is 35.8 Å². The first kappa shape index (κ1) is 9.55. The Morgan fingerprint density at radius 3 is 3.00 bits per heavy atom. The molecule has 0 fully saturated rings. The van der Waals surface area contributed by atoms with Crippen LogP contribution in [0.1, 0.15) is 5.69 Å². The average molecular weight is 222 g/mol. The minimum Gasteiger partial charge on any atom is -0.375 e. The maximum atomic E-state index is 5.57. The number of nitrogens with zero attached hydrogens (tertiary/aromatic N) is 1. The van der Waals surface area contributed by atoms with E-state index in [0.717, 1.165) is 11.3 Å². The number of hydrogen-bond donors (Lipinski definition) is 2. The molecule has 0 amide bonds. The SMILES string of the molecule is Nc1nc(C2=CC=CC(S)C=C2)cs1. The summed E-state index contributed by atoms with van der Waals surface area (Å²) in [4.78, 5) is 4.22. The molecule has 1 aromatic heterocycles. The third-order valence-corrected chi connectivity index (χ3v) is 2.89. The third kappa shape index (κ3) is 2.08. The molecule has 14 heavy (non-hydrogen) atoms. The van der Waals surface area contributed by atoms with E-state index in [-0.39, 0.29) is 5.25 Å². The summed E-state index contributed by atoms with van der Waals surface area (Å²) in [5.41, 5.74) is 7.58. The molecule has 72 valence electrons. The summed E-state index contributed by atoms with van der Waals surface area (Å²) >= 11 is 5.79. The van der Waals surface area contributed by atoms with Crippen LogP contribution >= 0.6 is 24.0 Å². The number of allylic oxidation sites excluding steroid dienone is 4. The van der Waals surface area contributed by atoms with Crippen LogP contribution in [-0.4, -0.2) is 10.2 Å². The van der Waals surface area contributed by atoms with E-state index in [1.54, 1.807) is 0 Å². The zero-order valence-corrected chi connectivity index (χ0v) is 9.13. The number of nitrogens with two attached hydrogens (primary N) is 1. The lowest BCUT2D eigenvalue weighted by atomic mass is 10.2. The molecule has 1 atom stereocenters. The summed E-state index contributed by atoms with van der Waals surface area (Å²) in [6.45, 7) is 0. The lowest BCUT2D eigenvalue weighted by Gasteiger charge is -1.94. The summed E-state index contributed by atoms with van der Waals surface area (Å²) in [5, 5.41) is 2.74. The molecule has 0 spiro atoms. The fourth-order valence-corrected chi connectivity index (χ4v) is 1.94. The van der Waals surface area contributed by atoms with E-state index >= 15 is 0 Å². The second-order valence-electron chi connectivity index (χ2n) is 2.93. The third-order valence-electron chi connectivity index (χ3n) is 1.87. The number of rotatable bonds is 1. The van der Waals surface area contributed by atoms with Crippen LogP contribution in [0.4, 0.5) is 5.13 Å². The first-order valence-electron chi connectivity index (χ1n) is 4.22. The summed E-state index contributed by atoms with van der Waals surface area (Å²) in [5.74, 6) is 0. The summed E-state index contributed by atoms with van der Waals surface area (Å²) in [7, 11) is 0. The molecular weight excluding hydrogens is 212 g/mol. The van der Waals surface area contributed by atoms with Crippen LogP contribution in [0.25, 0.3) is 5.57 Å². The first-order valence-corrected chi connectivity index (χ1v) is 5.61. The molecule has 1 aliphatic rings. The maximum absolute atomic E-state index is 5.57. The molecule has 0 radical (unpaired) electrons. The molecule has 2 N–H and O–H groups in total. The fraction of sp³-hybridized carbons (Fsp3) is 0.100. The van der Waals surface area contributed by atoms with Crippen LogP contribution in [0, 0.1) is 0 Å². The highest BCUT2D eigenvalue weighted by molar-refractivity contribution is 7.81.